The monoisotopic (exact) mass is 212 g/mol. The summed E-state index contributed by atoms with van der Waals surface area (Å²) in [5, 5.41) is 9.26. The summed E-state index contributed by atoms with van der Waals surface area (Å²) >= 11 is 5.68. The second-order valence-electron chi connectivity index (χ2n) is 3.27. The number of halogens is 1. The van der Waals surface area contributed by atoms with Gasteiger partial charge in [0, 0.05) is 19.3 Å². The Morgan fingerprint density at radius 3 is 2.79 bits per heavy atom. The lowest BCUT2D eigenvalue weighted by molar-refractivity contribution is -0.142. The van der Waals surface area contributed by atoms with Crippen molar-refractivity contribution >= 4 is 23.4 Å². The summed E-state index contributed by atoms with van der Waals surface area (Å²) in [6.45, 7) is 1.06. The molecule has 1 fully saturated rings. The Kier molecular flexibility index (Phi) is 2.29. The van der Waals surface area contributed by atoms with Gasteiger partial charge in [-0.15, -0.1) is 0 Å². The third-order valence-electron chi connectivity index (χ3n) is 2.27. The Morgan fingerprint density at radius 1 is 1.57 bits per heavy atom. The highest BCUT2D eigenvalue weighted by Gasteiger charge is 2.33. The molecular weight excluding hydrogens is 204 g/mol. The van der Waals surface area contributed by atoms with Gasteiger partial charge in [0.25, 0.3) is 0 Å². The van der Waals surface area contributed by atoms with Gasteiger partial charge in [0.05, 0.1) is 10.9 Å². The van der Waals surface area contributed by atoms with Crippen LogP contribution in [0.1, 0.15) is 0 Å². The van der Waals surface area contributed by atoms with Crippen LogP contribution in [-0.4, -0.2) is 29.1 Å². The minimum atomic E-state index is -0.741. The maximum absolute atomic E-state index is 10.5. The SMILES string of the molecule is O=C(O)C1CN(c2ccc(Cl)cn2)C1. The molecule has 5 heteroatoms. The third kappa shape index (κ3) is 1.65. The van der Waals surface area contributed by atoms with E-state index in [9.17, 15) is 4.79 Å². The summed E-state index contributed by atoms with van der Waals surface area (Å²) < 4.78 is 0. The molecule has 1 aromatic rings. The molecule has 0 bridgehead atoms. The molecule has 1 aliphatic rings. The van der Waals surface area contributed by atoms with Crippen molar-refractivity contribution < 1.29 is 9.90 Å². The first-order valence-corrected chi connectivity index (χ1v) is 4.64. The van der Waals surface area contributed by atoms with E-state index in [-0.39, 0.29) is 5.92 Å². The zero-order valence-corrected chi connectivity index (χ0v) is 8.11. The molecule has 0 aliphatic carbocycles. The van der Waals surface area contributed by atoms with E-state index in [1.807, 2.05) is 4.90 Å². The Bertz CT molecular complexity index is 346. The lowest BCUT2D eigenvalue weighted by atomic mass is 10.0. The van der Waals surface area contributed by atoms with Crippen LogP contribution in [0.25, 0.3) is 0 Å². The van der Waals surface area contributed by atoms with E-state index >= 15 is 0 Å². The standard InChI is InChI=1S/C9H9ClN2O2/c10-7-1-2-8(11-3-7)12-4-6(5-12)9(13)14/h1-3,6H,4-5H2,(H,13,14). The van der Waals surface area contributed by atoms with E-state index < -0.39 is 5.97 Å². The van der Waals surface area contributed by atoms with Crippen LogP contribution in [0.3, 0.4) is 0 Å². The first-order valence-electron chi connectivity index (χ1n) is 4.26. The van der Waals surface area contributed by atoms with Crippen LogP contribution in [0.4, 0.5) is 5.82 Å². The highest BCUT2D eigenvalue weighted by atomic mass is 35.5. The van der Waals surface area contributed by atoms with Gasteiger partial charge in [-0.25, -0.2) is 4.98 Å². The number of anilines is 1. The number of carboxylic acids is 1. The largest absolute Gasteiger partial charge is 0.481 e. The summed E-state index contributed by atoms with van der Waals surface area (Å²) in [6.07, 6.45) is 1.56. The number of hydrogen-bond donors (Lipinski definition) is 1. The number of aliphatic carboxylic acids is 1. The zero-order valence-electron chi connectivity index (χ0n) is 7.35. The minimum Gasteiger partial charge on any atom is -0.481 e. The molecule has 14 heavy (non-hydrogen) atoms. The number of aromatic nitrogens is 1. The van der Waals surface area contributed by atoms with Gasteiger partial charge in [-0.2, -0.15) is 0 Å². The Morgan fingerprint density at radius 2 is 2.29 bits per heavy atom. The quantitative estimate of drug-likeness (QED) is 0.802. The highest BCUT2D eigenvalue weighted by molar-refractivity contribution is 6.30. The Balaban J connectivity index is 2.00. The molecule has 0 atom stereocenters. The minimum absolute atomic E-state index is 0.257. The predicted molar refractivity (Wildman–Crippen MR) is 52.6 cm³/mol. The fraction of sp³-hybridized carbons (Fsp3) is 0.333. The number of carbonyl (C=O) groups is 1. The highest BCUT2D eigenvalue weighted by Crippen LogP contribution is 2.23. The second kappa shape index (κ2) is 3.46. The molecule has 1 N–H and O–H groups in total. The van der Waals surface area contributed by atoms with Crippen LogP contribution >= 0.6 is 11.6 Å². The van der Waals surface area contributed by atoms with Crippen LogP contribution in [0.2, 0.25) is 5.02 Å². The third-order valence-corrected chi connectivity index (χ3v) is 2.49. The van der Waals surface area contributed by atoms with Gasteiger partial charge < -0.3 is 10.0 Å². The lowest BCUT2D eigenvalue weighted by Crippen LogP contribution is -2.50. The molecule has 0 spiro atoms. The van der Waals surface area contributed by atoms with Crippen LogP contribution in [0.15, 0.2) is 18.3 Å². The molecule has 1 aliphatic heterocycles. The zero-order chi connectivity index (χ0) is 10.1. The number of nitrogens with zero attached hydrogens (tertiary/aromatic N) is 2. The normalized spacial score (nSPS) is 16.5. The maximum atomic E-state index is 10.5. The molecule has 0 unspecified atom stereocenters. The van der Waals surface area contributed by atoms with Gasteiger partial charge in [0.2, 0.25) is 0 Å². The molecule has 4 nitrogen and oxygen atoms in total. The van der Waals surface area contributed by atoms with Gasteiger partial charge in [-0.05, 0) is 12.1 Å². The van der Waals surface area contributed by atoms with E-state index in [2.05, 4.69) is 4.98 Å². The maximum Gasteiger partial charge on any atom is 0.310 e. The van der Waals surface area contributed by atoms with E-state index in [0.717, 1.165) is 5.82 Å². The van der Waals surface area contributed by atoms with Crippen molar-refractivity contribution in [2.45, 2.75) is 0 Å². The first kappa shape index (κ1) is 9.27. The summed E-state index contributed by atoms with van der Waals surface area (Å²) in [4.78, 5) is 16.6. The fourth-order valence-electron chi connectivity index (χ4n) is 1.38. The van der Waals surface area contributed by atoms with Gasteiger partial charge in [0.15, 0.2) is 0 Å². The first-order chi connectivity index (χ1) is 6.66. The van der Waals surface area contributed by atoms with Crippen molar-refractivity contribution in [1.82, 2.24) is 4.98 Å². The van der Waals surface area contributed by atoms with Crippen LogP contribution < -0.4 is 4.90 Å². The molecule has 0 amide bonds. The van der Waals surface area contributed by atoms with E-state index in [4.69, 9.17) is 16.7 Å². The van der Waals surface area contributed by atoms with Crippen molar-refractivity contribution in [3.05, 3.63) is 23.4 Å². The van der Waals surface area contributed by atoms with Gasteiger partial charge in [-0.3, -0.25) is 4.79 Å². The van der Waals surface area contributed by atoms with E-state index in [1.165, 1.54) is 0 Å². The van der Waals surface area contributed by atoms with Crippen LogP contribution in [0, 0.1) is 5.92 Å². The van der Waals surface area contributed by atoms with Gasteiger partial charge in [0.1, 0.15) is 5.82 Å². The average Bonchev–Trinajstić information content (AvgIpc) is 2.05. The lowest BCUT2D eigenvalue weighted by Gasteiger charge is -2.37. The summed E-state index contributed by atoms with van der Waals surface area (Å²) in [6, 6.07) is 3.54. The molecule has 1 aromatic heterocycles. The molecule has 0 saturated carbocycles. The smallest absolute Gasteiger partial charge is 0.310 e. The topological polar surface area (TPSA) is 53.4 Å². The summed E-state index contributed by atoms with van der Waals surface area (Å²) in [7, 11) is 0. The Hall–Kier alpha value is -1.29. The van der Waals surface area contributed by atoms with Crippen molar-refractivity contribution in [3.63, 3.8) is 0 Å². The van der Waals surface area contributed by atoms with Gasteiger partial charge >= 0.3 is 5.97 Å². The summed E-state index contributed by atoms with van der Waals surface area (Å²) in [5.74, 6) is -0.213. The summed E-state index contributed by atoms with van der Waals surface area (Å²) in [5.41, 5.74) is 0. The second-order valence-corrected chi connectivity index (χ2v) is 3.71. The molecule has 0 radical (unpaired) electrons. The van der Waals surface area contributed by atoms with Crippen molar-refractivity contribution in [1.29, 1.82) is 0 Å². The van der Waals surface area contributed by atoms with Crippen LogP contribution in [-0.2, 0) is 4.79 Å². The number of hydrogen-bond acceptors (Lipinski definition) is 3. The average molecular weight is 213 g/mol. The van der Waals surface area contributed by atoms with Crippen LogP contribution in [0.5, 0.6) is 0 Å². The van der Waals surface area contributed by atoms with Crippen molar-refractivity contribution in [2.24, 2.45) is 5.92 Å². The molecule has 1 saturated heterocycles. The molecule has 74 valence electrons. The Labute approximate surface area is 86.1 Å². The predicted octanol–water partition coefficient (Wildman–Crippen LogP) is 1.26. The molecule has 0 aromatic carbocycles. The van der Waals surface area contributed by atoms with Gasteiger partial charge in [-0.1, -0.05) is 11.6 Å². The molecule has 2 rings (SSSR count). The van der Waals surface area contributed by atoms with Crippen molar-refractivity contribution in [3.8, 4) is 0 Å². The van der Waals surface area contributed by atoms with E-state index in [1.54, 1.807) is 18.3 Å². The number of rotatable bonds is 2. The fourth-order valence-corrected chi connectivity index (χ4v) is 1.49. The van der Waals surface area contributed by atoms with E-state index in [0.29, 0.717) is 18.1 Å². The molecule has 2 heterocycles. The number of carboxylic acid groups (broad SMARTS) is 1. The van der Waals surface area contributed by atoms with Crippen molar-refractivity contribution in [2.75, 3.05) is 18.0 Å². The number of pyridine rings is 1. The molecular formula is C9H9ClN2O2.